The molecule has 1 rings (SSSR count). The summed E-state index contributed by atoms with van der Waals surface area (Å²) in [5, 5.41) is 3.12. The lowest BCUT2D eigenvalue weighted by Crippen LogP contribution is -2.45. The number of amides is 1. The topological polar surface area (TPSA) is 55.1 Å². The predicted octanol–water partition coefficient (Wildman–Crippen LogP) is 2.80. The summed E-state index contributed by atoms with van der Waals surface area (Å²) in [6.45, 7) is 10.9. The largest absolute Gasteiger partial charge is 0.349 e. The molecule has 0 aliphatic rings. The summed E-state index contributed by atoms with van der Waals surface area (Å²) in [4.78, 5) is 12.4. The Kier molecular flexibility index (Phi) is 5.12. The third kappa shape index (κ3) is 4.35. The standard InChI is InChI=1S/C16H26N2O/c1-11-6-7-12(2)13(10-11)15(19)18-14(8-9-17)16(3,4)5/h6-7,10,14H,8-9,17H2,1-5H3,(H,18,19). The zero-order chi connectivity index (χ0) is 14.6. The molecule has 0 aliphatic carbocycles. The van der Waals surface area contributed by atoms with E-state index in [2.05, 4.69) is 26.1 Å². The van der Waals surface area contributed by atoms with Gasteiger partial charge in [-0.25, -0.2) is 0 Å². The summed E-state index contributed by atoms with van der Waals surface area (Å²) < 4.78 is 0. The molecule has 0 heterocycles. The second kappa shape index (κ2) is 6.20. The van der Waals surface area contributed by atoms with Crippen LogP contribution in [-0.4, -0.2) is 18.5 Å². The molecule has 0 saturated carbocycles. The molecule has 0 bridgehead atoms. The lowest BCUT2D eigenvalue weighted by Gasteiger charge is -2.31. The van der Waals surface area contributed by atoms with Crippen molar-refractivity contribution in [3.8, 4) is 0 Å². The Morgan fingerprint density at radius 3 is 2.47 bits per heavy atom. The van der Waals surface area contributed by atoms with E-state index in [9.17, 15) is 4.79 Å². The maximum absolute atomic E-state index is 12.4. The van der Waals surface area contributed by atoms with Gasteiger partial charge in [-0.15, -0.1) is 0 Å². The van der Waals surface area contributed by atoms with E-state index in [0.29, 0.717) is 6.54 Å². The van der Waals surface area contributed by atoms with Gasteiger partial charge in [-0.2, -0.15) is 0 Å². The number of rotatable bonds is 4. The van der Waals surface area contributed by atoms with Crippen LogP contribution in [0.4, 0.5) is 0 Å². The molecule has 0 aliphatic heterocycles. The fourth-order valence-electron chi connectivity index (χ4n) is 2.10. The van der Waals surface area contributed by atoms with Crippen LogP contribution in [0.5, 0.6) is 0 Å². The molecule has 1 aromatic carbocycles. The molecule has 1 atom stereocenters. The van der Waals surface area contributed by atoms with Crippen molar-refractivity contribution < 1.29 is 4.79 Å². The van der Waals surface area contributed by atoms with Crippen molar-refractivity contribution in [2.24, 2.45) is 11.1 Å². The smallest absolute Gasteiger partial charge is 0.251 e. The zero-order valence-electron chi connectivity index (χ0n) is 12.7. The molecule has 0 aromatic heterocycles. The van der Waals surface area contributed by atoms with Crippen molar-refractivity contribution in [1.82, 2.24) is 5.32 Å². The van der Waals surface area contributed by atoms with Gasteiger partial charge < -0.3 is 11.1 Å². The van der Waals surface area contributed by atoms with E-state index in [4.69, 9.17) is 5.73 Å². The molecule has 3 N–H and O–H groups in total. The summed E-state index contributed by atoms with van der Waals surface area (Å²) in [5.74, 6) is -0.00502. The van der Waals surface area contributed by atoms with Crippen LogP contribution in [0.15, 0.2) is 18.2 Å². The number of carbonyl (C=O) groups is 1. The van der Waals surface area contributed by atoms with Crippen molar-refractivity contribution >= 4 is 5.91 Å². The monoisotopic (exact) mass is 262 g/mol. The van der Waals surface area contributed by atoms with E-state index in [1.54, 1.807) is 0 Å². The van der Waals surface area contributed by atoms with Crippen LogP contribution in [0.1, 0.15) is 48.7 Å². The van der Waals surface area contributed by atoms with E-state index >= 15 is 0 Å². The Morgan fingerprint density at radius 1 is 1.32 bits per heavy atom. The maximum atomic E-state index is 12.4. The van der Waals surface area contributed by atoms with Crippen LogP contribution >= 0.6 is 0 Å². The molecule has 0 fully saturated rings. The summed E-state index contributed by atoms with van der Waals surface area (Å²) in [5.41, 5.74) is 8.51. The first-order valence-electron chi connectivity index (χ1n) is 6.84. The fraction of sp³-hybridized carbons (Fsp3) is 0.562. The highest BCUT2D eigenvalue weighted by Gasteiger charge is 2.26. The number of nitrogens with two attached hydrogens (primary N) is 1. The van der Waals surface area contributed by atoms with Gasteiger partial charge in [-0.3, -0.25) is 4.79 Å². The number of benzene rings is 1. The molecule has 3 nitrogen and oxygen atoms in total. The van der Waals surface area contributed by atoms with Gasteiger partial charge in [0.05, 0.1) is 0 Å². The van der Waals surface area contributed by atoms with Gasteiger partial charge in [0, 0.05) is 11.6 Å². The third-order valence-electron chi connectivity index (χ3n) is 3.44. The molecular formula is C16H26N2O. The van der Waals surface area contributed by atoms with Crippen molar-refractivity contribution in [2.45, 2.75) is 47.1 Å². The first-order valence-corrected chi connectivity index (χ1v) is 6.84. The highest BCUT2D eigenvalue weighted by molar-refractivity contribution is 5.96. The van der Waals surface area contributed by atoms with Crippen LogP contribution < -0.4 is 11.1 Å². The van der Waals surface area contributed by atoms with E-state index in [-0.39, 0.29) is 17.4 Å². The number of carbonyl (C=O) groups excluding carboxylic acids is 1. The lowest BCUT2D eigenvalue weighted by atomic mass is 9.84. The van der Waals surface area contributed by atoms with Crippen LogP contribution in [0.3, 0.4) is 0 Å². The number of nitrogens with one attached hydrogen (secondary N) is 1. The van der Waals surface area contributed by atoms with Crippen LogP contribution in [0.25, 0.3) is 0 Å². The Hall–Kier alpha value is -1.35. The van der Waals surface area contributed by atoms with Crippen molar-refractivity contribution in [2.75, 3.05) is 6.54 Å². The molecule has 1 amide bonds. The maximum Gasteiger partial charge on any atom is 0.251 e. The van der Waals surface area contributed by atoms with Gasteiger partial charge in [-0.1, -0.05) is 38.5 Å². The average molecular weight is 262 g/mol. The summed E-state index contributed by atoms with van der Waals surface area (Å²) in [6.07, 6.45) is 0.792. The van der Waals surface area contributed by atoms with E-state index in [0.717, 1.165) is 23.1 Å². The third-order valence-corrected chi connectivity index (χ3v) is 3.44. The number of hydrogen-bond acceptors (Lipinski definition) is 2. The van der Waals surface area contributed by atoms with Crippen molar-refractivity contribution in [3.63, 3.8) is 0 Å². The lowest BCUT2D eigenvalue weighted by molar-refractivity contribution is 0.0898. The molecule has 0 radical (unpaired) electrons. The average Bonchev–Trinajstić information content (AvgIpc) is 2.30. The number of aryl methyl sites for hydroxylation is 2. The summed E-state index contributed by atoms with van der Waals surface area (Å²) in [6, 6.07) is 6.03. The Bertz CT molecular complexity index is 447. The molecular weight excluding hydrogens is 236 g/mol. The Labute approximate surface area is 116 Å². The van der Waals surface area contributed by atoms with E-state index in [1.807, 2.05) is 32.0 Å². The minimum atomic E-state index is -0.00502. The van der Waals surface area contributed by atoms with Gasteiger partial charge in [0.25, 0.3) is 5.91 Å². The Morgan fingerprint density at radius 2 is 1.95 bits per heavy atom. The molecule has 1 unspecified atom stereocenters. The second-order valence-corrected chi connectivity index (χ2v) is 6.29. The van der Waals surface area contributed by atoms with Gasteiger partial charge in [-0.05, 0) is 43.9 Å². The van der Waals surface area contributed by atoms with Gasteiger partial charge in [0.15, 0.2) is 0 Å². The Balaban J connectivity index is 2.91. The first kappa shape index (κ1) is 15.7. The SMILES string of the molecule is Cc1ccc(C)c(C(=O)NC(CCN)C(C)(C)C)c1. The highest BCUT2D eigenvalue weighted by atomic mass is 16.1. The second-order valence-electron chi connectivity index (χ2n) is 6.29. The molecule has 3 heteroatoms. The minimum absolute atomic E-state index is 0.00502. The van der Waals surface area contributed by atoms with Gasteiger partial charge in [0.1, 0.15) is 0 Å². The molecule has 0 saturated heterocycles. The normalized spacial score (nSPS) is 13.2. The van der Waals surface area contributed by atoms with Crippen LogP contribution in [-0.2, 0) is 0 Å². The van der Waals surface area contributed by atoms with Crippen LogP contribution in [0.2, 0.25) is 0 Å². The zero-order valence-corrected chi connectivity index (χ0v) is 12.7. The van der Waals surface area contributed by atoms with E-state index in [1.165, 1.54) is 0 Å². The van der Waals surface area contributed by atoms with Crippen molar-refractivity contribution in [1.29, 1.82) is 0 Å². The molecule has 19 heavy (non-hydrogen) atoms. The minimum Gasteiger partial charge on any atom is -0.349 e. The highest BCUT2D eigenvalue weighted by Crippen LogP contribution is 2.22. The summed E-state index contributed by atoms with van der Waals surface area (Å²) in [7, 11) is 0. The quantitative estimate of drug-likeness (QED) is 0.876. The van der Waals surface area contributed by atoms with Gasteiger partial charge in [0.2, 0.25) is 0 Å². The fourth-order valence-corrected chi connectivity index (χ4v) is 2.10. The molecule has 0 spiro atoms. The molecule has 106 valence electrons. The van der Waals surface area contributed by atoms with Crippen molar-refractivity contribution in [3.05, 3.63) is 34.9 Å². The van der Waals surface area contributed by atoms with Gasteiger partial charge >= 0.3 is 0 Å². The first-order chi connectivity index (χ1) is 8.75. The summed E-state index contributed by atoms with van der Waals surface area (Å²) >= 11 is 0. The number of hydrogen-bond donors (Lipinski definition) is 2. The molecule has 1 aromatic rings. The predicted molar refractivity (Wildman–Crippen MR) is 80.3 cm³/mol. The van der Waals surface area contributed by atoms with E-state index < -0.39 is 0 Å². The van der Waals surface area contributed by atoms with Crippen LogP contribution in [0, 0.1) is 19.3 Å².